The molecular weight excluding hydrogens is 316 g/mol. The normalized spacial score (nSPS) is 12.9. The van der Waals surface area contributed by atoms with Gasteiger partial charge in [-0.3, -0.25) is 4.68 Å². The molecule has 0 bridgehead atoms. The lowest BCUT2D eigenvalue weighted by molar-refractivity contribution is 0.201. The minimum atomic E-state index is -1.22. The molecule has 7 heteroatoms. The molecule has 1 unspecified atom stereocenters. The SMILES string of the molecule is CN(C)CCn1ncc(Cl)c1C(O)c1cc(Cl)ccc1F. The van der Waals surface area contributed by atoms with Gasteiger partial charge in [0.2, 0.25) is 0 Å². The van der Waals surface area contributed by atoms with Gasteiger partial charge in [0.05, 0.1) is 23.5 Å². The summed E-state index contributed by atoms with van der Waals surface area (Å²) in [6.45, 7) is 1.25. The van der Waals surface area contributed by atoms with Gasteiger partial charge in [-0.1, -0.05) is 23.2 Å². The number of aliphatic hydroxyl groups excluding tert-OH is 1. The van der Waals surface area contributed by atoms with E-state index in [1.165, 1.54) is 24.4 Å². The first-order valence-electron chi connectivity index (χ1n) is 6.39. The topological polar surface area (TPSA) is 41.3 Å². The first kappa shape index (κ1) is 16.2. The van der Waals surface area contributed by atoms with Crippen molar-refractivity contribution in [3.63, 3.8) is 0 Å². The van der Waals surface area contributed by atoms with E-state index in [1.54, 1.807) is 4.68 Å². The van der Waals surface area contributed by atoms with Gasteiger partial charge < -0.3 is 10.0 Å². The van der Waals surface area contributed by atoms with Crippen LogP contribution in [0.1, 0.15) is 17.4 Å². The first-order chi connectivity index (χ1) is 9.90. The predicted molar refractivity (Wildman–Crippen MR) is 81.3 cm³/mol. The number of aromatic nitrogens is 2. The molecule has 0 aliphatic carbocycles. The summed E-state index contributed by atoms with van der Waals surface area (Å²) >= 11 is 11.9. The zero-order valence-electron chi connectivity index (χ0n) is 11.7. The van der Waals surface area contributed by atoms with Crippen molar-refractivity contribution in [2.24, 2.45) is 0 Å². The van der Waals surface area contributed by atoms with E-state index in [0.29, 0.717) is 22.3 Å². The van der Waals surface area contributed by atoms with Crippen LogP contribution in [0.15, 0.2) is 24.4 Å². The standard InChI is InChI=1S/C14H16Cl2FN3O/c1-19(2)5-6-20-13(11(16)8-18-20)14(21)10-7-9(15)3-4-12(10)17/h3-4,7-8,14,21H,5-6H2,1-2H3. The largest absolute Gasteiger partial charge is 0.382 e. The third-order valence-electron chi connectivity index (χ3n) is 3.10. The molecular formula is C14H16Cl2FN3O. The van der Waals surface area contributed by atoms with Gasteiger partial charge in [-0.25, -0.2) is 4.39 Å². The Morgan fingerprint density at radius 3 is 2.76 bits per heavy atom. The highest BCUT2D eigenvalue weighted by atomic mass is 35.5. The molecule has 0 saturated heterocycles. The number of hydrogen-bond acceptors (Lipinski definition) is 3. The summed E-state index contributed by atoms with van der Waals surface area (Å²) in [6.07, 6.45) is 0.221. The van der Waals surface area contributed by atoms with Gasteiger partial charge in [0, 0.05) is 17.1 Å². The van der Waals surface area contributed by atoms with Gasteiger partial charge in [-0.2, -0.15) is 5.10 Å². The smallest absolute Gasteiger partial charge is 0.129 e. The van der Waals surface area contributed by atoms with Crippen LogP contribution in [0.25, 0.3) is 0 Å². The molecule has 0 aliphatic rings. The molecule has 4 nitrogen and oxygen atoms in total. The van der Waals surface area contributed by atoms with Gasteiger partial charge in [0.25, 0.3) is 0 Å². The fraction of sp³-hybridized carbons (Fsp3) is 0.357. The highest BCUT2D eigenvalue weighted by molar-refractivity contribution is 6.31. The molecule has 0 amide bonds. The summed E-state index contributed by atoms with van der Waals surface area (Å²) in [5.74, 6) is -0.539. The van der Waals surface area contributed by atoms with Crippen LogP contribution in [0, 0.1) is 5.82 Å². The summed E-state index contributed by atoms with van der Waals surface area (Å²) in [5, 5.41) is 15.2. The zero-order chi connectivity index (χ0) is 15.6. The number of rotatable bonds is 5. The summed E-state index contributed by atoms with van der Waals surface area (Å²) in [4.78, 5) is 1.98. The van der Waals surface area contributed by atoms with Crippen molar-refractivity contribution in [3.8, 4) is 0 Å². The Kier molecular flexibility index (Phi) is 5.22. The third kappa shape index (κ3) is 3.74. The van der Waals surface area contributed by atoms with Gasteiger partial charge >= 0.3 is 0 Å². The van der Waals surface area contributed by atoms with E-state index in [1.807, 2.05) is 19.0 Å². The van der Waals surface area contributed by atoms with Crippen LogP contribution < -0.4 is 0 Å². The minimum absolute atomic E-state index is 0.0796. The highest BCUT2D eigenvalue weighted by Gasteiger charge is 2.23. The maximum absolute atomic E-state index is 13.9. The molecule has 1 N–H and O–H groups in total. The fourth-order valence-electron chi connectivity index (χ4n) is 1.99. The molecule has 114 valence electrons. The maximum atomic E-state index is 13.9. The Morgan fingerprint density at radius 1 is 1.38 bits per heavy atom. The second kappa shape index (κ2) is 6.75. The molecule has 1 atom stereocenters. The van der Waals surface area contributed by atoms with Gasteiger partial charge in [0.1, 0.15) is 11.9 Å². The molecule has 1 aromatic carbocycles. The minimum Gasteiger partial charge on any atom is -0.382 e. The van der Waals surface area contributed by atoms with Crippen molar-refractivity contribution < 1.29 is 9.50 Å². The molecule has 0 fully saturated rings. The molecule has 0 spiro atoms. The van der Waals surface area contributed by atoms with Gasteiger partial charge in [-0.15, -0.1) is 0 Å². The lowest BCUT2D eigenvalue weighted by atomic mass is 10.1. The molecule has 0 saturated carbocycles. The van der Waals surface area contributed by atoms with Crippen molar-refractivity contribution in [2.75, 3.05) is 20.6 Å². The van der Waals surface area contributed by atoms with E-state index >= 15 is 0 Å². The Labute approximate surface area is 132 Å². The average molecular weight is 332 g/mol. The number of benzene rings is 1. The monoisotopic (exact) mass is 331 g/mol. The molecule has 0 radical (unpaired) electrons. The van der Waals surface area contributed by atoms with Gasteiger partial charge in [-0.05, 0) is 32.3 Å². The lowest BCUT2D eigenvalue weighted by Gasteiger charge is -2.17. The van der Waals surface area contributed by atoms with Crippen molar-refractivity contribution in [3.05, 3.63) is 51.5 Å². The highest BCUT2D eigenvalue weighted by Crippen LogP contribution is 2.31. The molecule has 1 aromatic heterocycles. The average Bonchev–Trinajstić information content (AvgIpc) is 2.79. The van der Waals surface area contributed by atoms with Crippen LogP contribution in [0.4, 0.5) is 4.39 Å². The van der Waals surface area contributed by atoms with Crippen molar-refractivity contribution >= 4 is 23.2 Å². The maximum Gasteiger partial charge on any atom is 0.129 e. The van der Waals surface area contributed by atoms with E-state index in [-0.39, 0.29) is 5.56 Å². The summed E-state index contributed by atoms with van der Waals surface area (Å²) in [7, 11) is 3.86. The number of hydrogen-bond donors (Lipinski definition) is 1. The summed E-state index contributed by atoms with van der Waals surface area (Å²) < 4.78 is 15.5. The van der Waals surface area contributed by atoms with E-state index in [9.17, 15) is 9.50 Å². The third-order valence-corrected chi connectivity index (χ3v) is 3.63. The number of likely N-dealkylation sites (N-methyl/N-ethyl adjacent to an activating group) is 1. The predicted octanol–water partition coefficient (Wildman–Crippen LogP) is 2.97. The number of nitrogens with zero attached hydrogens (tertiary/aromatic N) is 3. The quantitative estimate of drug-likeness (QED) is 0.915. The Hall–Kier alpha value is -1.14. The van der Waals surface area contributed by atoms with Crippen molar-refractivity contribution in [1.29, 1.82) is 0 Å². The first-order valence-corrected chi connectivity index (χ1v) is 7.14. The van der Waals surface area contributed by atoms with Crippen LogP contribution in [0.3, 0.4) is 0 Å². The van der Waals surface area contributed by atoms with Crippen LogP contribution in [0.5, 0.6) is 0 Å². The Balaban J connectivity index is 2.36. The van der Waals surface area contributed by atoms with Crippen molar-refractivity contribution in [2.45, 2.75) is 12.6 Å². The molecule has 2 aromatic rings. The second-order valence-electron chi connectivity index (χ2n) is 4.97. The van der Waals surface area contributed by atoms with Crippen molar-refractivity contribution in [1.82, 2.24) is 14.7 Å². The fourth-order valence-corrected chi connectivity index (χ4v) is 2.41. The Morgan fingerprint density at radius 2 is 2.10 bits per heavy atom. The van der Waals surface area contributed by atoms with Gasteiger partial charge in [0.15, 0.2) is 0 Å². The van der Waals surface area contributed by atoms with E-state index in [0.717, 1.165) is 6.54 Å². The molecule has 2 rings (SSSR count). The van der Waals surface area contributed by atoms with E-state index in [2.05, 4.69) is 5.10 Å². The van der Waals surface area contributed by atoms with E-state index < -0.39 is 11.9 Å². The number of aliphatic hydroxyl groups is 1. The molecule has 21 heavy (non-hydrogen) atoms. The van der Waals surface area contributed by atoms with Crippen LogP contribution in [-0.4, -0.2) is 40.4 Å². The summed E-state index contributed by atoms with van der Waals surface area (Å²) in [6, 6.07) is 4.04. The molecule has 1 heterocycles. The second-order valence-corrected chi connectivity index (χ2v) is 5.82. The van der Waals surface area contributed by atoms with Crippen LogP contribution >= 0.6 is 23.2 Å². The summed E-state index contributed by atoms with van der Waals surface area (Å²) in [5.41, 5.74) is 0.440. The Bertz CT molecular complexity index is 631. The molecule has 0 aliphatic heterocycles. The zero-order valence-corrected chi connectivity index (χ0v) is 13.2. The number of halogens is 3. The van der Waals surface area contributed by atoms with E-state index in [4.69, 9.17) is 23.2 Å². The van der Waals surface area contributed by atoms with Crippen LogP contribution in [-0.2, 0) is 6.54 Å². The lowest BCUT2D eigenvalue weighted by Crippen LogP contribution is -2.21. The van der Waals surface area contributed by atoms with Crippen LogP contribution in [0.2, 0.25) is 10.0 Å².